The molecule has 2 rings (SSSR count). The first-order chi connectivity index (χ1) is 8.97. The second-order valence-electron chi connectivity index (χ2n) is 4.80. The summed E-state index contributed by atoms with van der Waals surface area (Å²) in [6.07, 6.45) is -4.31. The van der Waals surface area contributed by atoms with Crippen LogP contribution in [-0.2, 0) is 16.7 Å². The zero-order valence-corrected chi connectivity index (χ0v) is 11.1. The van der Waals surface area contributed by atoms with Crippen LogP contribution >= 0.6 is 11.8 Å². The molecule has 0 saturated carbocycles. The third-order valence-electron chi connectivity index (χ3n) is 3.14. The van der Waals surface area contributed by atoms with Crippen LogP contribution in [0.1, 0.15) is 11.1 Å². The number of alkyl halides is 3. The number of halogens is 3. The van der Waals surface area contributed by atoms with Gasteiger partial charge >= 0.3 is 6.18 Å². The molecule has 1 N–H and O–H groups in total. The number of aliphatic hydroxyl groups is 1. The molecule has 1 heterocycles. The largest absolute Gasteiger partial charge is 0.416 e. The van der Waals surface area contributed by atoms with Gasteiger partial charge in [0.2, 0.25) is 0 Å². The van der Waals surface area contributed by atoms with E-state index in [4.69, 9.17) is 4.74 Å². The molecule has 1 aliphatic heterocycles. The molecular weight excluding hydrogens is 277 g/mol. The average molecular weight is 292 g/mol. The van der Waals surface area contributed by atoms with Gasteiger partial charge in [-0.05, 0) is 11.6 Å². The van der Waals surface area contributed by atoms with Crippen LogP contribution in [0.2, 0.25) is 0 Å². The standard InChI is InChI=1S/C13H15F3O2S/c14-13(15,16)11-4-2-1-3-10(11)5-19-9-12(6-17)7-18-8-12/h1-4,17H,5-9H2. The molecule has 19 heavy (non-hydrogen) atoms. The molecular formula is C13H15F3O2S. The van der Waals surface area contributed by atoms with Gasteiger partial charge in [-0.25, -0.2) is 0 Å². The summed E-state index contributed by atoms with van der Waals surface area (Å²) in [4.78, 5) is 0. The van der Waals surface area contributed by atoms with E-state index in [0.717, 1.165) is 6.07 Å². The van der Waals surface area contributed by atoms with Crippen LogP contribution in [0.15, 0.2) is 24.3 Å². The minimum Gasteiger partial charge on any atom is -0.396 e. The van der Waals surface area contributed by atoms with Crippen molar-refractivity contribution in [3.05, 3.63) is 35.4 Å². The van der Waals surface area contributed by atoms with Crippen molar-refractivity contribution in [2.45, 2.75) is 11.9 Å². The highest BCUT2D eigenvalue weighted by Gasteiger charge is 2.38. The van der Waals surface area contributed by atoms with E-state index in [1.807, 2.05) is 0 Å². The summed E-state index contributed by atoms with van der Waals surface area (Å²) in [7, 11) is 0. The molecule has 0 amide bonds. The first-order valence-corrected chi connectivity index (χ1v) is 7.04. The Hall–Kier alpha value is -0.720. The molecule has 0 atom stereocenters. The van der Waals surface area contributed by atoms with E-state index in [0.29, 0.717) is 19.0 Å². The van der Waals surface area contributed by atoms with Gasteiger partial charge in [-0.2, -0.15) is 24.9 Å². The molecule has 0 radical (unpaired) electrons. The first kappa shape index (κ1) is 14.7. The average Bonchev–Trinajstić information content (AvgIpc) is 2.32. The maximum Gasteiger partial charge on any atom is 0.416 e. The van der Waals surface area contributed by atoms with E-state index in [9.17, 15) is 18.3 Å². The van der Waals surface area contributed by atoms with Crippen LogP contribution in [0.3, 0.4) is 0 Å². The Labute approximate surface area is 114 Å². The second-order valence-corrected chi connectivity index (χ2v) is 5.78. The molecule has 6 heteroatoms. The van der Waals surface area contributed by atoms with Crippen molar-refractivity contribution in [1.82, 2.24) is 0 Å². The zero-order valence-electron chi connectivity index (χ0n) is 10.2. The summed E-state index contributed by atoms with van der Waals surface area (Å²) in [5, 5.41) is 9.24. The van der Waals surface area contributed by atoms with E-state index in [2.05, 4.69) is 0 Å². The Kier molecular flexibility index (Phi) is 4.43. The number of hydrogen-bond acceptors (Lipinski definition) is 3. The van der Waals surface area contributed by atoms with Crippen LogP contribution in [0.25, 0.3) is 0 Å². The van der Waals surface area contributed by atoms with Crippen molar-refractivity contribution >= 4 is 11.8 Å². The van der Waals surface area contributed by atoms with Crippen LogP contribution in [-0.4, -0.2) is 30.7 Å². The Morgan fingerprint density at radius 1 is 1.26 bits per heavy atom. The van der Waals surface area contributed by atoms with Crippen LogP contribution < -0.4 is 0 Å². The van der Waals surface area contributed by atoms with Gasteiger partial charge in [0.25, 0.3) is 0 Å². The lowest BCUT2D eigenvalue weighted by atomic mass is 9.90. The summed E-state index contributed by atoms with van der Waals surface area (Å²) < 4.78 is 43.4. The Morgan fingerprint density at radius 2 is 1.95 bits per heavy atom. The van der Waals surface area contributed by atoms with E-state index < -0.39 is 11.7 Å². The summed E-state index contributed by atoms with van der Waals surface area (Å²) in [6.45, 7) is 0.982. The van der Waals surface area contributed by atoms with Gasteiger partial charge in [-0.3, -0.25) is 0 Å². The van der Waals surface area contributed by atoms with Gasteiger partial charge in [0.15, 0.2) is 0 Å². The first-order valence-electron chi connectivity index (χ1n) is 5.88. The summed E-state index contributed by atoms with van der Waals surface area (Å²) in [5.74, 6) is 0.896. The summed E-state index contributed by atoms with van der Waals surface area (Å²) in [6, 6.07) is 5.61. The predicted molar refractivity (Wildman–Crippen MR) is 67.9 cm³/mol. The summed E-state index contributed by atoms with van der Waals surface area (Å²) in [5.41, 5.74) is -0.559. The van der Waals surface area contributed by atoms with Crippen molar-refractivity contribution < 1.29 is 23.0 Å². The molecule has 1 saturated heterocycles. The second kappa shape index (κ2) is 5.73. The highest BCUT2D eigenvalue weighted by Crippen LogP contribution is 2.36. The predicted octanol–water partition coefficient (Wildman–Crippen LogP) is 2.95. The molecule has 0 spiro atoms. The SMILES string of the molecule is OCC1(CSCc2ccccc2C(F)(F)F)COC1. The number of thioether (sulfide) groups is 1. The number of hydrogen-bond donors (Lipinski definition) is 1. The van der Waals surface area contributed by atoms with Crippen molar-refractivity contribution in [2.24, 2.45) is 5.41 Å². The lowest BCUT2D eigenvalue weighted by Gasteiger charge is -2.39. The summed E-state index contributed by atoms with van der Waals surface area (Å²) >= 11 is 1.40. The topological polar surface area (TPSA) is 29.5 Å². The van der Waals surface area contributed by atoms with Crippen LogP contribution in [0.4, 0.5) is 13.2 Å². The van der Waals surface area contributed by atoms with Gasteiger partial charge in [-0.1, -0.05) is 18.2 Å². The van der Waals surface area contributed by atoms with Gasteiger partial charge in [0, 0.05) is 16.9 Å². The van der Waals surface area contributed by atoms with Crippen molar-refractivity contribution in [2.75, 3.05) is 25.6 Å². The van der Waals surface area contributed by atoms with Crippen LogP contribution in [0.5, 0.6) is 0 Å². The molecule has 0 aliphatic carbocycles. The molecule has 2 nitrogen and oxygen atoms in total. The van der Waals surface area contributed by atoms with E-state index in [1.165, 1.54) is 23.9 Å². The number of benzene rings is 1. The molecule has 0 unspecified atom stereocenters. The smallest absolute Gasteiger partial charge is 0.396 e. The number of ether oxygens (including phenoxy) is 1. The molecule has 0 aromatic heterocycles. The minimum absolute atomic E-state index is 0.0148. The lowest BCUT2D eigenvalue weighted by molar-refractivity contribution is -0.138. The third kappa shape index (κ3) is 3.43. The Morgan fingerprint density at radius 3 is 2.47 bits per heavy atom. The fraction of sp³-hybridized carbons (Fsp3) is 0.538. The quantitative estimate of drug-likeness (QED) is 0.905. The maximum absolute atomic E-state index is 12.8. The molecule has 1 fully saturated rings. The fourth-order valence-electron chi connectivity index (χ4n) is 1.91. The highest BCUT2D eigenvalue weighted by atomic mass is 32.2. The van der Waals surface area contributed by atoms with Gasteiger partial charge in [0.1, 0.15) is 0 Å². The van der Waals surface area contributed by atoms with Crippen molar-refractivity contribution in [3.63, 3.8) is 0 Å². The third-order valence-corrected chi connectivity index (χ3v) is 4.47. The molecule has 0 bridgehead atoms. The van der Waals surface area contributed by atoms with Crippen LogP contribution in [0, 0.1) is 5.41 Å². The number of aliphatic hydroxyl groups excluding tert-OH is 1. The van der Waals surface area contributed by atoms with E-state index in [-0.39, 0.29) is 23.3 Å². The minimum atomic E-state index is -4.31. The van der Waals surface area contributed by atoms with Gasteiger partial charge < -0.3 is 9.84 Å². The van der Waals surface area contributed by atoms with Crippen molar-refractivity contribution in [3.8, 4) is 0 Å². The molecule has 1 aliphatic rings. The van der Waals surface area contributed by atoms with Crippen molar-refractivity contribution in [1.29, 1.82) is 0 Å². The monoisotopic (exact) mass is 292 g/mol. The van der Waals surface area contributed by atoms with E-state index in [1.54, 1.807) is 6.07 Å². The molecule has 1 aromatic carbocycles. The normalized spacial score (nSPS) is 18.1. The molecule has 1 aromatic rings. The molecule has 106 valence electrons. The Bertz CT molecular complexity index is 425. The van der Waals surface area contributed by atoms with Gasteiger partial charge in [-0.15, -0.1) is 0 Å². The van der Waals surface area contributed by atoms with E-state index >= 15 is 0 Å². The highest BCUT2D eigenvalue weighted by molar-refractivity contribution is 7.98. The maximum atomic E-state index is 12.8. The fourth-order valence-corrected chi connectivity index (χ4v) is 3.18. The zero-order chi connectivity index (χ0) is 13.9. The lowest BCUT2D eigenvalue weighted by Crippen LogP contribution is -2.47. The Balaban J connectivity index is 1.96. The van der Waals surface area contributed by atoms with Gasteiger partial charge in [0.05, 0.1) is 25.4 Å². The number of rotatable bonds is 5.